The highest BCUT2D eigenvalue weighted by Gasteiger charge is 1.98. The van der Waals surface area contributed by atoms with Crippen LogP contribution in [0.3, 0.4) is 0 Å². The number of aromatic nitrogens is 1. The van der Waals surface area contributed by atoms with Gasteiger partial charge in [0.2, 0.25) is 5.91 Å². The van der Waals surface area contributed by atoms with Crippen molar-refractivity contribution in [3.8, 4) is 6.07 Å². The van der Waals surface area contributed by atoms with Crippen LogP contribution in [0.15, 0.2) is 18.3 Å². The normalized spacial score (nSPS) is 10.0. The van der Waals surface area contributed by atoms with Gasteiger partial charge in [0.05, 0.1) is 0 Å². The minimum Gasteiger partial charge on any atom is -0.366 e. The average Bonchev–Trinajstić information content (AvgIpc) is 2.15. The second-order valence-electron chi connectivity index (χ2n) is 2.78. The molecule has 4 heteroatoms. The van der Waals surface area contributed by atoms with Crippen LogP contribution in [0.4, 0.5) is 0 Å². The molecular formula is C10H9N3O. The predicted octanol–water partition coefficient (Wildman–Crippen LogP) is 0.760. The second kappa shape index (κ2) is 4.19. The Morgan fingerprint density at radius 2 is 2.43 bits per heavy atom. The Bertz CT molecular complexity index is 429. The molecule has 0 aliphatic heterocycles. The zero-order valence-corrected chi connectivity index (χ0v) is 7.69. The maximum absolute atomic E-state index is 10.4. The molecule has 1 amide bonds. The molecule has 0 fully saturated rings. The fourth-order valence-electron chi connectivity index (χ4n) is 0.983. The molecule has 0 saturated carbocycles. The number of carbonyl (C=O) groups is 1. The molecule has 0 bridgehead atoms. The van der Waals surface area contributed by atoms with Gasteiger partial charge >= 0.3 is 0 Å². The van der Waals surface area contributed by atoms with Gasteiger partial charge in [-0.15, -0.1) is 0 Å². The molecule has 0 aromatic carbocycles. The van der Waals surface area contributed by atoms with Gasteiger partial charge in [0.15, 0.2) is 0 Å². The molecule has 0 atom stereocenters. The van der Waals surface area contributed by atoms with Crippen LogP contribution in [0.5, 0.6) is 0 Å². The van der Waals surface area contributed by atoms with E-state index in [0.29, 0.717) is 5.69 Å². The number of pyridine rings is 1. The summed E-state index contributed by atoms with van der Waals surface area (Å²) in [6.07, 6.45) is 4.33. The maximum Gasteiger partial charge on any atom is 0.241 e. The van der Waals surface area contributed by atoms with E-state index in [-0.39, 0.29) is 0 Å². The van der Waals surface area contributed by atoms with Gasteiger partial charge in [-0.1, -0.05) is 0 Å². The van der Waals surface area contributed by atoms with Crippen molar-refractivity contribution < 1.29 is 4.79 Å². The number of carbonyl (C=O) groups excluding carboxylic acids is 1. The first kappa shape index (κ1) is 9.93. The Morgan fingerprint density at radius 1 is 1.71 bits per heavy atom. The Hall–Kier alpha value is -2.15. The van der Waals surface area contributed by atoms with Crippen molar-refractivity contribution in [2.24, 2.45) is 5.73 Å². The van der Waals surface area contributed by atoms with Crippen LogP contribution in [0.2, 0.25) is 0 Å². The molecule has 0 saturated heterocycles. The van der Waals surface area contributed by atoms with Crippen molar-refractivity contribution in [1.29, 1.82) is 5.26 Å². The van der Waals surface area contributed by atoms with E-state index in [9.17, 15) is 4.79 Å². The summed E-state index contributed by atoms with van der Waals surface area (Å²) in [6, 6.07) is 3.73. The van der Waals surface area contributed by atoms with Crippen LogP contribution in [0.25, 0.3) is 6.08 Å². The van der Waals surface area contributed by atoms with Gasteiger partial charge in [0.1, 0.15) is 11.8 Å². The SMILES string of the molecule is Cc1cc(C=CC(N)=O)cnc1C#N. The number of primary amides is 1. The number of nitriles is 1. The monoisotopic (exact) mass is 187 g/mol. The summed E-state index contributed by atoms with van der Waals surface area (Å²) in [6.45, 7) is 1.78. The van der Waals surface area contributed by atoms with Crippen molar-refractivity contribution in [3.63, 3.8) is 0 Å². The topological polar surface area (TPSA) is 79.8 Å². The highest BCUT2D eigenvalue weighted by atomic mass is 16.1. The van der Waals surface area contributed by atoms with Crippen molar-refractivity contribution in [2.45, 2.75) is 6.92 Å². The lowest BCUT2D eigenvalue weighted by atomic mass is 10.1. The molecule has 0 spiro atoms. The number of nitrogens with zero attached hydrogens (tertiary/aromatic N) is 2. The van der Waals surface area contributed by atoms with Crippen LogP contribution in [-0.2, 0) is 4.79 Å². The summed E-state index contributed by atoms with van der Waals surface area (Å²) in [4.78, 5) is 14.4. The number of hydrogen-bond acceptors (Lipinski definition) is 3. The highest BCUT2D eigenvalue weighted by molar-refractivity contribution is 5.90. The van der Waals surface area contributed by atoms with Gasteiger partial charge in [-0.3, -0.25) is 4.79 Å². The highest BCUT2D eigenvalue weighted by Crippen LogP contribution is 2.07. The van der Waals surface area contributed by atoms with Crippen LogP contribution in [-0.4, -0.2) is 10.9 Å². The van der Waals surface area contributed by atoms with Gasteiger partial charge in [0.25, 0.3) is 0 Å². The third-order valence-electron chi connectivity index (χ3n) is 1.65. The van der Waals surface area contributed by atoms with Gasteiger partial charge in [-0.05, 0) is 30.2 Å². The molecule has 0 radical (unpaired) electrons. The fourth-order valence-corrected chi connectivity index (χ4v) is 0.983. The fraction of sp³-hybridized carbons (Fsp3) is 0.100. The zero-order valence-electron chi connectivity index (χ0n) is 7.69. The Balaban J connectivity index is 2.99. The van der Waals surface area contributed by atoms with Crippen LogP contribution >= 0.6 is 0 Å². The second-order valence-corrected chi connectivity index (χ2v) is 2.78. The van der Waals surface area contributed by atoms with Crippen LogP contribution in [0.1, 0.15) is 16.8 Å². The van der Waals surface area contributed by atoms with Gasteiger partial charge in [0, 0.05) is 12.3 Å². The number of nitrogens with two attached hydrogens (primary N) is 1. The van der Waals surface area contributed by atoms with E-state index in [4.69, 9.17) is 11.0 Å². The molecule has 1 heterocycles. The third-order valence-corrected chi connectivity index (χ3v) is 1.65. The van der Waals surface area contributed by atoms with Gasteiger partial charge in [-0.2, -0.15) is 5.26 Å². The predicted molar refractivity (Wildman–Crippen MR) is 51.9 cm³/mol. The molecule has 0 aliphatic rings. The van der Waals surface area contributed by atoms with Crippen molar-refractivity contribution in [3.05, 3.63) is 35.2 Å². The molecule has 1 aromatic heterocycles. The lowest BCUT2D eigenvalue weighted by Gasteiger charge is -1.97. The summed E-state index contributed by atoms with van der Waals surface area (Å²) in [7, 11) is 0. The summed E-state index contributed by atoms with van der Waals surface area (Å²) < 4.78 is 0. The molecule has 0 unspecified atom stereocenters. The van der Waals surface area contributed by atoms with E-state index in [1.54, 1.807) is 19.1 Å². The Morgan fingerprint density at radius 3 is 2.93 bits per heavy atom. The molecule has 0 aliphatic carbocycles. The number of hydrogen-bond donors (Lipinski definition) is 1. The summed E-state index contributed by atoms with van der Waals surface area (Å²) in [5, 5.41) is 8.62. The maximum atomic E-state index is 10.4. The van der Waals surface area contributed by atoms with E-state index in [1.165, 1.54) is 12.3 Å². The standard InChI is InChI=1S/C10H9N3O/c1-7-4-8(2-3-10(12)14)6-13-9(7)5-11/h2-4,6H,1H3,(H2,12,14). The van der Waals surface area contributed by atoms with Crippen molar-refractivity contribution in [2.75, 3.05) is 0 Å². The summed E-state index contributed by atoms with van der Waals surface area (Å²) >= 11 is 0. The number of aryl methyl sites for hydroxylation is 1. The molecule has 1 rings (SSSR count). The van der Waals surface area contributed by atoms with E-state index in [1.807, 2.05) is 6.07 Å². The lowest BCUT2D eigenvalue weighted by Crippen LogP contribution is -2.05. The first-order valence-corrected chi connectivity index (χ1v) is 3.97. The van der Waals surface area contributed by atoms with E-state index >= 15 is 0 Å². The smallest absolute Gasteiger partial charge is 0.241 e. The van der Waals surface area contributed by atoms with Crippen molar-refractivity contribution in [1.82, 2.24) is 4.98 Å². The third kappa shape index (κ3) is 2.42. The lowest BCUT2D eigenvalue weighted by molar-refractivity contribution is -0.113. The largest absolute Gasteiger partial charge is 0.366 e. The summed E-state index contributed by atoms with van der Waals surface area (Å²) in [5.74, 6) is -0.507. The number of amides is 1. The molecule has 2 N–H and O–H groups in total. The quantitative estimate of drug-likeness (QED) is 0.694. The van der Waals surface area contributed by atoms with E-state index in [0.717, 1.165) is 11.1 Å². The molecule has 14 heavy (non-hydrogen) atoms. The van der Waals surface area contributed by atoms with Crippen LogP contribution in [0, 0.1) is 18.3 Å². The van der Waals surface area contributed by atoms with Gasteiger partial charge < -0.3 is 5.73 Å². The minimum absolute atomic E-state index is 0.390. The zero-order chi connectivity index (χ0) is 10.6. The molecule has 1 aromatic rings. The van der Waals surface area contributed by atoms with E-state index in [2.05, 4.69) is 4.98 Å². The van der Waals surface area contributed by atoms with Crippen molar-refractivity contribution >= 4 is 12.0 Å². The molecule has 4 nitrogen and oxygen atoms in total. The Kier molecular flexibility index (Phi) is 2.97. The first-order chi connectivity index (χ1) is 6.63. The first-order valence-electron chi connectivity index (χ1n) is 3.97. The molecular weight excluding hydrogens is 178 g/mol. The summed E-state index contributed by atoms with van der Waals surface area (Å²) in [5.41, 5.74) is 6.85. The van der Waals surface area contributed by atoms with Gasteiger partial charge in [-0.25, -0.2) is 4.98 Å². The minimum atomic E-state index is -0.507. The Labute approximate surface area is 81.7 Å². The number of rotatable bonds is 2. The molecule has 70 valence electrons. The average molecular weight is 187 g/mol. The van der Waals surface area contributed by atoms with E-state index < -0.39 is 5.91 Å². The van der Waals surface area contributed by atoms with Crippen LogP contribution < -0.4 is 5.73 Å².